The third-order valence-electron chi connectivity index (χ3n) is 5.21. The largest absolute Gasteiger partial charge is 0.493 e. The number of amides is 1. The van der Waals surface area contributed by atoms with Gasteiger partial charge in [0.2, 0.25) is 5.91 Å². The molecule has 1 aliphatic heterocycles. The topological polar surface area (TPSA) is 51.7 Å². The highest BCUT2D eigenvalue weighted by atomic mass is 32.2. The van der Waals surface area contributed by atoms with Crippen LogP contribution in [-0.4, -0.2) is 37.4 Å². The zero-order chi connectivity index (χ0) is 20.4. The third-order valence-corrected chi connectivity index (χ3v) is 6.29. The van der Waals surface area contributed by atoms with Gasteiger partial charge in [0.25, 0.3) is 0 Å². The molecule has 0 fully saturated rings. The van der Waals surface area contributed by atoms with Crippen molar-refractivity contribution < 1.29 is 14.3 Å². The van der Waals surface area contributed by atoms with E-state index in [1.165, 1.54) is 17.3 Å². The molecule has 1 aliphatic rings. The number of benzene rings is 2. The summed E-state index contributed by atoms with van der Waals surface area (Å²) in [6.45, 7) is 2.80. The monoisotopic (exact) mass is 408 g/mol. The van der Waals surface area contributed by atoms with Gasteiger partial charge in [0.15, 0.2) is 11.5 Å². The van der Waals surface area contributed by atoms with Gasteiger partial charge in [-0.05, 0) is 49.1 Å². The minimum Gasteiger partial charge on any atom is -0.493 e. The van der Waals surface area contributed by atoms with E-state index < -0.39 is 0 Å². The number of pyridine rings is 1. The van der Waals surface area contributed by atoms with Crippen molar-refractivity contribution in [3.05, 3.63) is 53.6 Å². The number of carbonyl (C=O) groups is 1. The van der Waals surface area contributed by atoms with Crippen LogP contribution in [0.4, 0.5) is 5.69 Å². The van der Waals surface area contributed by atoms with Gasteiger partial charge in [0.1, 0.15) is 5.03 Å². The van der Waals surface area contributed by atoms with Crippen LogP contribution < -0.4 is 14.4 Å². The molecule has 0 aliphatic carbocycles. The lowest BCUT2D eigenvalue weighted by molar-refractivity contribution is -0.116. The van der Waals surface area contributed by atoms with Crippen molar-refractivity contribution in [3.63, 3.8) is 0 Å². The Morgan fingerprint density at radius 1 is 1.14 bits per heavy atom. The van der Waals surface area contributed by atoms with E-state index in [2.05, 4.69) is 12.1 Å². The number of thioether (sulfide) groups is 1. The first-order valence-corrected chi connectivity index (χ1v) is 10.6. The number of para-hydroxylation sites is 1. The van der Waals surface area contributed by atoms with Gasteiger partial charge in [-0.1, -0.05) is 30.0 Å². The standard InChI is InChI=1S/C23H24N2O3S/c1-15-11-17-12-20(27-2)21(28-3)13-18(17)24-23(15)29-14-22(26)25-10-6-8-16-7-4-5-9-19(16)25/h4-5,7,9,11-13H,6,8,10,14H2,1-3H3. The maximum atomic E-state index is 12.9. The molecule has 0 radical (unpaired) electrons. The molecule has 2 heterocycles. The maximum Gasteiger partial charge on any atom is 0.237 e. The van der Waals surface area contributed by atoms with E-state index in [4.69, 9.17) is 14.5 Å². The van der Waals surface area contributed by atoms with Gasteiger partial charge in [-0.2, -0.15) is 0 Å². The highest BCUT2D eigenvalue weighted by Gasteiger charge is 2.22. The maximum absolute atomic E-state index is 12.9. The fourth-order valence-electron chi connectivity index (χ4n) is 3.74. The van der Waals surface area contributed by atoms with Crippen LogP contribution in [0.3, 0.4) is 0 Å². The molecule has 3 aromatic rings. The summed E-state index contributed by atoms with van der Waals surface area (Å²) < 4.78 is 10.8. The van der Waals surface area contributed by atoms with Gasteiger partial charge < -0.3 is 14.4 Å². The molecule has 0 saturated carbocycles. The molecule has 4 rings (SSSR count). The Hall–Kier alpha value is -2.73. The number of ether oxygens (including phenoxy) is 2. The predicted molar refractivity (Wildman–Crippen MR) is 117 cm³/mol. The van der Waals surface area contributed by atoms with E-state index in [0.29, 0.717) is 17.3 Å². The van der Waals surface area contributed by atoms with Crippen LogP contribution in [0.5, 0.6) is 11.5 Å². The summed E-state index contributed by atoms with van der Waals surface area (Å²) in [5, 5.41) is 1.85. The zero-order valence-corrected chi connectivity index (χ0v) is 17.7. The first kappa shape index (κ1) is 19.6. The number of nitrogens with zero attached hydrogens (tertiary/aromatic N) is 2. The number of anilines is 1. The van der Waals surface area contributed by atoms with Gasteiger partial charge in [0, 0.05) is 23.7 Å². The molecule has 29 heavy (non-hydrogen) atoms. The lowest BCUT2D eigenvalue weighted by Crippen LogP contribution is -2.36. The Labute approximate surface area is 175 Å². The number of rotatable bonds is 5. The predicted octanol–water partition coefficient (Wildman–Crippen LogP) is 4.63. The van der Waals surface area contributed by atoms with Crippen molar-refractivity contribution in [2.75, 3.05) is 31.4 Å². The summed E-state index contributed by atoms with van der Waals surface area (Å²) >= 11 is 1.49. The summed E-state index contributed by atoms with van der Waals surface area (Å²) in [5.74, 6) is 1.81. The van der Waals surface area contributed by atoms with Crippen molar-refractivity contribution in [2.45, 2.75) is 24.8 Å². The van der Waals surface area contributed by atoms with E-state index in [9.17, 15) is 4.79 Å². The van der Waals surface area contributed by atoms with E-state index in [1.807, 2.05) is 42.2 Å². The van der Waals surface area contributed by atoms with Crippen LogP contribution in [0.25, 0.3) is 10.9 Å². The van der Waals surface area contributed by atoms with Crippen LogP contribution in [0.1, 0.15) is 17.5 Å². The normalized spacial score (nSPS) is 13.3. The van der Waals surface area contributed by atoms with Crippen LogP contribution in [0.2, 0.25) is 0 Å². The number of aryl methyl sites for hydroxylation is 2. The van der Waals surface area contributed by atoms with E-state index in [-0.39, 0.29) is 5.91 Å². The second-order valence-electron chi connectivity index (χ2n) is 7.08. The Bertz CT molecular complexity index is 1070. The van der Waals surface area contributed by atoms with Crippen molar-refractivity contribution >= 4 is 34.3 Å². The van der Waals surface area contributed by atoms with E-state index in [0.717, 1.165) is 46.6 Å². The number of hydrogen-bond donors (Lipinski definition) is 0. The van der Waals surface area contributed by atoms with Gasteiger partial charge in [-0.15, -0.1) is 0 Å². The highest BCUT2D eigenvalue weighted by molar-refractivity contribution is 8.00. The number of fused-ring (bicyclic) bond motifs is 2. The van der Waals surface area contributed by atoms with Gasteiger partial charge >= 0.3 is 0 Å². The molecule has 1 amide bonds. The first-order chi connectivity index (χ1) is 14.1. The van der Waals surface area contributed by atoms with Gasteiger partial charge in [-0.25, -0.2) is 4.98 Å². The van der Waals surface area contributed by atoms with E-state index in [1.54, 1.807) is 14.2 Å². The van der Waals surface area contributed by atoms with Crippen LogP contribution in [-0.2, 0) is 11.2 Å². The zero-order valence-electron chi connectivity index (χ0n) is 16.9. The molecule has 5 nitrogen and oxygen atoms in total. The lowest BCUT2D eigenvalue weighted by atomic mass is 10.0. The lowest BCUT2D eigenvalue weighted by Gasteiger charge is -2.29. The van der Waals surface area contributed by atoms with E-state index >= 15 is 0 Å². The molecular formula is C23H24N2O3S. The summed E-state index contributed by atoms with van der Waals surface area (Å²) in [5.41, 5.74) is 4.16. The molecular weight excluding hydrogens is 384 g/mol. The van der Waals surface area contributed by atoms with Crippen LogP contribution in [0.15, 0.2) is 47.5 Å². The fraction of sp³-hybridized carbons (Fsp3) is 0.304. The first-order valence-electron chi connectivity index (χ1n) is 9.65. The second kappa shape index (κ2) is 8.33. The minimum atomic E-state index is 0.121. The van der Waals surface area contributed by atoms with Gasteiger partial charge in [-0.3, -0.25) is 4.79 Å². The van der Waals surface area contributed by atoms with Crippen LogP contribution >= 0.6 is 11.8 Å². The average Bonchev–Trinajstić information content (AvgIpc) is 2.76. The molecule has 0 spiro atoms. The highest BCUT2D eigenvalue weighted by Crippen LogP contribution is 2.34. The molecule has 150 valence electrons. The fourth-order valence-corrected chi connectivity index (χ4v) is 4.60. The smallest absolute Gasteiger partial charge is 0.237 e. The van der Waals surface area contributed by atoms with Crippen molar-refractivity contribution in [3.8, 4) is 11.5 Å². The molecule has 6 heteroatoms. The van der Waals surface area contributed by atoms with Crippen LogP contribution in [0, 0.1) is 6.92 Å². The number of carbonyl (C=O) groups excluding carboxylic acids is 1. The molecule has 2 aromatic carbocycles. The molecule has 0 N–H and O–H groups in total. The molecule has 0 saturated heterocycles. The summed E-state index contributed by atoms with van der Waals surface area (Å²) in [6, 6.07) is 14.1. The third kappa shape index (κ3) is 3.90. The molecule has 0 unspecified atom stereocenters. The van der Waals surface area contributed by atoms with Crippen molar-refractivity contribution in [1.29, 1.82) is 0 Å². The number of aromatic nitrogens is 1. The Morgan fingerprint density at radius 2 is 1.90 bits per heavy atom. The molecule has 0 atom stereocenters. The van der Waals surface area contributed by atoms with Crippen molar-refractivity contribution in [2.24, 2.45) is 0 Å². The number of hydrogen-bond acceptors (Lipinski definition) is 5. The molecule has 1 aromatic heterocycles. The Balaban J connectivity index is 1.55. The molecule has 0 bridgehead atoms. The Morgan fingerprint density at radius 3 is 2.69 bits per heavy atom. The summed E-state index contributed by atoms with van der Waals surface area (Å²) in [7, 11) is 3.24. The second-order valence-corrected chi connectivity index (χ2v) is 8.04. The van der Waals surface area contributed by atoms with Gasteiger partial charge in [0.05, 0.1) is 25.5 Å². The number of methoxy groups -OCH3 is 2. The summed E-state index contributed by atoms with van der Waals surface area (Å²) in [4.78, 5) is 19.6. The quantitative estimate of drug-likeness (QED) is 0.576. The average molecular weight is 409 g/mol. The Kier molecular flexibility index (Phi) is 5.62. The van der Waals surface area contributed by atoms with Crippen molar-refractivity contribution in [1.82, 2.24) is 4.98 Å². The SMILES string of the molecule is COc1cc2cc(C)c(SCC(=O)N3CCCc4ccccc43)nc2cc1OC. The summed E-state index contributed by atoms with van der Waals surface area (Å²) in [6.07, 6.45) is 2.03. The minimum absolute atomic E-state index is 0.121.